The van der Waals surface area contributed by atoms with E-state index < -0.39 is 5.92 Å². The summed E-state index contributed by atoms with van der Waals surface area (Å²) in [5, 5.41) is 9.94. The molecule has 28 heavy (non-hydrogen) atoms. The smallest absolute Gasteiger partial charge is 0.256 e. The SMILES string of the molecule is C[C@@H]1CCc2ccccc2N1CC1=CC(=O)n2c(nc3ccccc32)[C@H]1C#N. The summed E-state index contributed by atoms with van der Waals surface area (Å²) in [4.78, 5) is 19.9. The number of hydrogen-bond acceptors (Lipinski definition) is 4. The summed E-state index contributed by atoms with van der Waals surface area (Å²) >= 11 is 0. The molecular formula is C23H20N4O. The maximum atomic E-state index is 12.9. The van der Waals surface area contributed by atoms with Gasteiger partial charge in [-0.05, 0) is 49.1 Å². The topological polar surface area (TPSA) is 61.9 Å². The zero-order valence-electron chi connectivity index (χ0n) is 15.7. The minimum atomic E-state index is -0.522. The van der Waals surface area contributed by atoms with Crippen LogP contribution in [0.5, 0.6) is 0 Å². The van der Waals surface area contributed by atoms with Crippen molar-refractivity contribution in [2.45, 2.75) is 31.7 Å². The van der Waals surface area contributed by atoms with Crippen LogP contribution in [0.15, 0.2) is 60.2 Å². The van der Waals surface area contributed by atoms with Gasteiger partial charge in [-0.15, -0.1) is 0 Å². The summed E-state index contributed by atoms with van der Waals surface area (Å²) in [5.41, 5.74) is 4.85. The van der Waals surface area contributed by atoms with Crippen molar-refractivity contribution in [1.29, 1.82) is 5.26 Å². The summed E-state index contributed by atoms with van der Waals surface area (Å²) in [7, 11) is 0. The normalized spacial score (nSPS) is 21.1. The molecule has 0 saturated heterocycles. The second-order valence-electron chi connectivity index (χ2n) is 7.56. The summed E-state index contributed by atoms with van der Waals surface area (Å²) in [6, 6.07) is 18.7. The van der Waals surface area contributed by atoms with E-state index in [0.717, 1.165) is 29.4 Å². The Balaban J connectivity index is 1.57. The molecule has 0 bridgehead atoms. The van der Waals surface area contributed by atoms with Crippen LogP contribution in [0.1, 0.15) is 35.4 Å². The van der Waals surface area contributed by atoms with Gasteiger partial charge in [0.05, 0.1) is 17.1 Å². The molecular weight excluding hydrogens is 348 g/mol. The number of rotatable bonds is 2. The summed E-state index contributed by atoms with van der Waals surface area (Å²) < 4.78 is 1.58. The van der Waals surface area contributed by atoms with Crippen molar-refractivity contribution < 1.29 is 4.79 Å². The number of anilines is 1. The lowest BCUT2D eigenvalue weighted by atomic mass is 9.92. The van der Waals surface area contributed by atoms with Crippen molar-refractivity contribution in [1.82, 2.24) is 9.55 Å². The lowest BCUT2D eigenvalue weighted by Crippen LogP contribution is -2.40. The van der Waals surface area contributed by atoms with Crippen LogP contribution in [-0.4, -0.2) is 28.0 Å². The standard InChI is InChI=1S/C23H20N4O/c1-15-10-11-16-6-2-4-8-20(16)26(15)14-17-12-22(28)27-21-9-5-3-7-19(21)25-23(27)18(17)13-24/h2-9,12,15,18H,10-11,14H2,1H3/t15-,18+/m1/s1. The number of imidazole rings is 1. The molecule has 138 valence electrons. The van der Waals surface area contributed by atoms with Crippen molar-refractivity contribution in [3.63, 3.8) is 0 Å². The molecule has 0 aliphatic carbocycles. The molecule has 0 unspecified atom stereocenters. The Hall–Kier alpha value is -3.39. The van der Waals surface area contributed by atoms with E-state index in [1.165, 1.54) is 11.3 Å². The molecule has 5 heteroatoms. The highest BCUT2D eigenvalue weighted by Crippen LogP contribution is 2.36. The molecule has 2 aliphatic rings. The maximum Gasteiger partial charge on any atom is 0.256 e. The number of hydrogen-bond donors (Lipinski definition) is 0. The van der Waals surface area contributed by atoms with Crippen LogP contribution >= 0.6 is 0 Å². The minimum Gasteiger partial charge on any atom is -0.365 e. The van der Waals surface area contributed by atoms with Gasteiger partial charge in [-0.25, -0.2) is 4.98 Å². The van der Waals surface area contributed by atoms with Crippen molar-refractivity contribution in [3.05, 3.63) is 71.6 Å². The first kappa shape index (κ1) is 16.8. The first-order valence-corrected chi connectivity index (χ1v) is 9.63. The Morgan fingerprint density at radius 3 is 2.82 bits per heavy atom. The third-order valence-electron chi connectivity index (χ3n) is 5.89. The molecule has 3 heterocycles. The third kappa shape index (κ3) is 2.45. The van der Waals surface area contributed by atoms with Gasteiger partial charge in [0.25, 0.3) is 5.91 Å². The Kier molecular flexibility index (Phi) is 3.80. The van der Waals surface area contributed by atoms with Gasteiger partial charge >= 0.3 is 0 Å². The van der Waals surface area contributed by atoms with E-state index in [-0.39, 0.29) is 5.91 Å². The molecule has 0 N–H and O–H groups in total. The van der Waals surface area contributed by atoms with Crippen molar-refractivity contribution in [2.24, 2.45) is 0 Å². The molecule has 0 amide bonds. The quantitative estimate of drug-likeness (QED) is 0.684. The second-order valence-corrected chi connectivity index (χ2v) is 7.56. The number of nitriles is 1. The van der Waals surface area contributed by atoms with Crippen LogP contribution in [0.25, 0.3) is 11.0 Å². The monoisotopic (exact) mass is 368 g/mol. The maximum absolute atomic E-state index is 12.9. The van der Waals surface area contributed by atoms with Crippen molar-refractivity contribution in [3.8, 4) is 6.07 Å². The van der Waals surface area contributed by atoms with Crippen LogP contribution in [-0.2, 0) is 6.42 Å². The zero-order chi connectivity index (χ0) is 19.3. The van der Waals surface area contributed by atoms with Crippen LogP contribution in [0.2, 0.25) is 0 Å². The molecule has 0 spiro atoms. The first-order valence-electron chi connectivity index (χ1n) is 9.63. The van der Waals surface area contributed by atoms with Crippen LogP contribution < -0.4 is 4.90 Å². The van der Waals surface area contributed by atoms with Gasteiger partial charge in [-0.3, -0.25) is 9.36 Å². The number of nitrogens with zero attached hydrogens (tertiary/aromatic N) is 4. The molecule has 2 atom stereocenters. The molecule has 0 saturated carbocycles. The number of para-hydroxylation sites is 3. The fourth-order valence-electron chi connectivity index (χ4n) is 4.42. The van der Waals surface area contributed by atoms with Crippen molar-refractivity contribution >= 4 is 22.6 Å². The fourth-order valence-corrected chi connectivity index (χ4v) is 4.42. The van der Waals surface area contributed by atoms with E-state index in [2.05, 4.69) is 41.1 Å². The predicted molar refractivity (Wildman–Crippen MR) is 108 cm³/mol. The molecule has 0 radical (unpaired) electrons. The zero-order valence-corrected chi connectivity index (χ0v) is 15.7. The third-order valence-corrected chi connectivity index (χ3v) is 5.89. The Morgan fingerprint density at radius 1 is 1.18 bits per heavy atom. The lowest BCUT2D eigenvalue weighted by molar-refractivity contribution is 0.0964. The van der Waals surface area contributed by atoms with Crippen molar-refractivity contribution in [2.75, 3.05) is 11.4 Å². The predicted octanol–water partition coefficient (Wildman–Crippen LogP) is 4.06. The van der Waals surface area contributed by atoms with Crippen LogP contribution in [0.4, 0.5) is 5.69 Å². The number of carbonyl (C=O) groups is 1. The van der Waals surface area contributed by atoms with E-state index in [4.69, 9.17) is 0 Å². The molecule has 5 nitrogen and oxygen atoms in total. The van der Waals surface area contributed by atoms with E-state index >= 15 is 0 Å². The van der Waals surface area contributed by atoms with Crippen LogP contribution in [0.3, 0.4) is 0 Å². The van der Waals surface area contributed by atoms with Gasteiger partial charge in [-0.2, -0.15) is 5.26 Å². The summed E-state index contributed by atoms with van der Waals surface area (Å²) in [6.45, 7) is 2.77. The second kappa shape index (κ2) is 6.35. The molecule has 5 rings (SSSR count). The van der Waals surface area contributed by atoms with Gasteiger partial charge < -0.3 is 4.90 Å². The average Bonchev–Trinajstić information content (AvgIpc) is 3.10. The number of benzene rings is 2. The van der Waals surface area contributed by atoms with Gasteiger partial charge in [0, 0.05) is 24.4 Å². The van der Waals surface area contributed by atoms with Gasteiger partial charge in [0.2, 0.25) is 0 Å². The Morgan fingerprint density at radius 2 is 1.96 bits per heavy atom. The highest BCUT2D eigenvalue weighted by molar-refractivity contribution is 5.99. The Bertz CT molecular complexity index is 1170. The first-order chi connectivity index (χ1) is 13.7. The number of fused-ring (bicyclic) bond motifs is 4. The number of carbonyl (C=O) groups excluding carboxylic acids is 1. The fraction of sp³-hybridized carbons (Fsp3) is 0.261. The van der Waals surface area contributed by atoms with Crippen LogP contribution in [0, 0.1) is 11.3 Å². The van der Waals surface area contributed by atoms with E-state index in [9.17, 15) is 10.1 Å². The van der Waals surface area contributed by atoms with Gasteiger partial charge in [0.15, 0.2) is 0 Å². The minimum absolute atomic E-state index is 0.122. The van der Waals surface area contributed by atoms with Gasteiger partial charge in [0.1, 0.15) is 11.7 Å². The number of aromatic nitrogens is 2. The number of aryl methyl sites for hydroxylation is 1. The van der Waals surface area contributed by atoms with E-state index in [0.29, 0.717) is 18.4 Å². The number of allylic oxidation sites excluding steroid dienone is 1. The molecule has 3 aromatic rings. The molecule has 2 aliphatic heterocycles. The molecule has 1 aromatic heterocycles. The average molecular weight is 368 g/mol. The van der Waals surface area contributed by atoms with Gasteiger partial charge in [-0.1, -0.05) is 30.3 Å². The summed E-state index contributed by atoms with van der Waals surface area (Å²) in [6.07, 6.45) is 3.76. The lowest BCUT2D eigenvalue weighted by Gasteiger charge is -2.38. The van der Waals surface area contributed by atoms with E-state index in [1.54, 1.807) is 10.6 Å². The summed E-state index contributed by atoms with van der Waals surface area (Å²) in [5.74, 6) is -0.112. The Labute approximate surface area is 163 Å². The van der Waals surface area contributed by atoms with E-state index in [1.807, 2.05) is 30.3 Å². The highest BCUT2D eigenvalue weighted by atomic mass is 16.2. The largest absolute Gasteiger partial charge is 0.365 e. The molecule has 2 aromatic carbocycles. The highest BCUT2D eigenvalue weighted by Gasteiger charge is 2.33. The molecule has 0 fully saturated rings.